The molecule has 0 aliphatic carbocycles. The van der Waals surface area contributed by atoms with Crippen molar-refractivity contribution in [2.24, 2.45) is 0 Å². The lowest BCUT2D eigenvalue weighted by molar-refractivity contribution is -0.154. The molecule has 0 spiro atoms. The van der Waals surface area contributed by atoms with Crippen molar-refractivity contribution >= 4 is 13.8 Å². The molecular formula is C56H109O9P. The van der Waals surface area contributed by atoms with Crippen LogP contribution in [0.1, 0.15) is 284 Å². The van der Waals surface area contributed by atoms with Crippen molar-refractivity contribution in [2.45, 2.75) is 296 Å². The number of unbranched alkanes of at least 4 members (excludes halogenated alkanes) is 37. The summed E-state index contributed by atoms with van der Waals surface area (Å²) in [6.45, 7) is 3.58. The molecule has 9 nitrogen and oxygen atoms in total. The van der Waals surface area contributed by atoms with E-state index in [0.29, 0.717) is 6.61 Å². The second-order valence-electron chi connectivity index (χ2n) is 19.3. The van der Waals surface area contributed by atoms with Gasteiger partial charge in [0.25, 0.3) is 0 Å². The minimum absolute atomic E-state index is 0.0521. The molecule has 0 aliphatic heterocycles. The van der Waals surface area contributed by atoms with Gasteiger partial charge in [-0.1, -0.05) is 237 Å². The van der Waals surface area contributed by atoms with Crippen LogP contribution in [-0.4, -0.2) is 66.3 Å². The first kappa shape index (κ1) is 64.9. The molecule has 0 heterocycles. The van der Waals surface area contributed by atoms with Gasteiger partial charge in [0.1, 0.15) is 12.2 Å². The zero-order valence-electron chi connectivity index (χ0n) is 43.4. The topological polar surface area (TPSA) is 132 Å². The lowest BCUT2D eigenvalue weighted by atomic mass is 10.0. The van der Waals surface area contributed by atoms with Gasteiger partial charge in [0.15, 0.2) is 0 Å². The van der Waals surface area contributed by atoms with E-state index in [4.69, 9.17) is 23.6 Å². The number of aliphatic hydroxyl groups excluding tert-OH is 2. The molecule has 0 amide bonds. The third kappa shape index (κ3) is 52.3. The van der Waals surface area contributed by atoms with Gasteiger partial charge in [-0.15, -0.1) is 0 Å². The molecule has 3 N–H and O–H groups in total. The van der Waals surface area contributed by atoms with E-state index < -0.39 is 33.2 Å². The zero-order chi connectivity index (χ0) is 48.1. The highest BCUT2D eigenvalue weighted by Crippen LogP contribution is 2.43. The SMILES string of the molecule is CCCCCCCCCC/C=C\CCCCCCCCCCCCCC(=O)OC(COCCCCCCCCCCCC/C=C\CCCCCCCCCC)COP(=O)(O)OCC(O)CO. The highest BCUT2D eigenvalue weighted by Gasteiger charge is 2.26. The number of phosphoric acid groups is 1. The van der Waals surface area contributed by atoms with E-state index in [0.717, 1.165) is 38.5 Å². The van der Waals surface area contributed by atoms with Crippen LogP contribution in [-0.2, 0) is 27.9 Å². The molecule has 3 unspecified atom stereocenters. The monoisotopic (exact) mass is 957 g/mol. The summed E-state index contributed by atoms with van der Waals surface area (Å²) >= 11 is 0. The molecule has 0 aromatic carbocycles. The second-order valence-corrected chi connectivity index (χ2v) is 20.8. The summed E-state index contributed by atoms with van der Waals surface area (Å²) in [6, 6.07) is 0. The maximum atomic E-state index is 12.7. The summed E-state index contributed by atoms with van der Waals surface area (Å²) < 4.78 is 33.6. The number of carbonyl (C=O) groups is 1. The van der Waals surface area contributed by atoms with Crippen molar-refractivity contribution in [3.8, 4) is 0 Å². The Balaban J connectivity index is 4.00. The number of ether oxygens (including phenoxy) is 2. The number of esters is 1. The number of carbonyl (C=O) groups excluding carboxylic acids is 1. The van der Waals surface area contributed by atoms with E-state index in [1.165, 1.54) is 225 Å². The Morgan fingerprint density at radius 2 is 0.773 bits per heavy atom. The highest BCUT2D eigenvalue weighted by atomic mass is 31.2. The number of hydrogen-bond donors (Lipinski definition) is 3. The minimum atomic E-state index is -4.52. The van der Waals surface area contributed by atoms with Crippen LogP contribution in [0.3, 0.4) is 0 Å². The summed E-state index contributed by atoms with van der Waals surface area (Å²) in [5.41, 5.74) is 0. The quantitative estimate of drug-likeness (QED) is 0.0236. The maximum absolute atomic E-state index is 12.7. The third-order valence-electron chi connectivity index (χ3n) is 12.6. The van der Waals surface area contributed by atoms with Crippen LogP contribution in [0.4, 0.5) is 0 Å². The predicted molar refractivity (Wildman–Crippen MR) is 279 cm³/mol. The summed E-state index contributed by atoms with van der Waals surface area (Å²) in [6.07, 6.45) is 60.1. The van der Waals surface area contributed by atoms with E-state index in [-0.39, 0.29) is 25.6 Å². The van der Waals surface area contributed by atoms with E-state index in [2.05, 4.69) is 38.2 Å². The molecule has 0 fully saturated rings. The molecule has 10 heteroatoms. The molecule has 392 valence electrons. The minimum Gasteiger partial charge on any atom is -0.457 e. The molecule has 0 saturated carbocycles. The fourth-order valence-electron chi connectivity index (χ4n) is 8.29. The smallest absolute Gasteiger partial charge is 0.457 e. The van der Waals surface area contributed by atoms with Gasteiger partial charge in [0.05, 0.1) is 26.4 Å². The summed E-state index contributed by atoms with van der Waals surface area (Å²) in [5.74, 6) is -0.378. The Morgan fingerprint density at radius 3 is 1.14 bits per heavy atom. The highest BCUT2D eigenvalue weighted by molar-refractivity contribution is 7.47. The van der Waals surface area contributed by atoms with Crippen LogP contribution in [0.25, 0.3) is 0 Å². The number of allylic oxidation sites excluding steroid dienone is 4. The van der Waals surface area contributed by atoms with Gasteiger partial charge in [-0.3, -0.25) is 13.8 Å². The zero-order valence-corrected chi connectivity index (χ0v) is 44.3. The molecular weight excluding hydrogens is 848 g/mol. The van der Waals surface area contributed by atoms with E-state index in [1.54, 1.807) is 0 Å². The van der Waals surface area contributed by atoms with Crippen molar-refractivity contribution in [3.05, 3.63) is 24.3 Å². The first-order valence-corrected chi connectivity index (χ1v) is 29.8. The van der Waals surface area contributed by atoms with Crippen LogP contribution in [0.15, 0.2) is 24.3 Å². The largest absolute Gasteiger partial charge is 0.472 e. The predicted octanol–water partition coefficient (Wildman–Crippen LogP) is 16.9. The molecule has 0 saturated heterocycles. The Kier molecular flexibility index (Phi) is 52.4. The van der Waals surface area contributed by atoms with Gasteiger partial charge < -0.3 is 24.6 Å². The van der Waals surface area contributed by atoms with Crippen molar-refractivity contribution in [3.63, 3.8) is 0 Å². The molecule has 0 bridgehead atoms. The van der Waals surface area contributed by atoms with Crippen LogP contribution < -0.4 is 0 Å². The average Bonchev–Trinajstić information content (AvgIpc) is 3.31. The summed E-state index contributed by atoms with van der Waals surface area (Å²) in [5, 5.41) is 18.5. The Hall–Kier alpha value is -1.06. The average molecular weight is 957 g/mol. The van der Waals surface area contributed by atoms with E-state index >= 15 is 0 Å². The van der Waals surface area contributed by atoms with Crippen molar-refractivity contribution in [1.29, 1.82) is 0 Å². The van der Waals surface area contributed by atoms with Gasteiger partial charge >= 0.3 is 13.8 Å². The van der Waals surface area contributed by atoms with Gasteiger partial charge in [-0.05, 0) is 64.2 Å². The number of aliphatic hydroxyl groups is 2. The fraction of sp³-hybridized carbons (Fsp3) is 0.911. The Bertz CT molecular complexity index is 1090. The molecule has 66 heavy (non-hydrogen) atoms. The van der Waals surface area contributed by atoms with Gasteiger partial charge in [-0.2, -0.15) is 0 Å². The van der Waals surface area contributed by atoms with E-state index in [9.17, 15) is 19.4 Å². The van der Waals surface area contributed by atoms with Crippen molar-refractivity contribution in [2.75, 3.05) is 33.0 Å². The molecule has 0 radical (unpaired) electrons. The number of rotatable bonds is 55. The lowest BCUT2D eigenvalue weighted by Gasteiger charge is -2.20. The standard InChI is InChI=1S/C56H109O9P/c1-3-5-7-9-11-13-15-17-19-21-23-25-27-28-30-32-34-36-38-40-42-44-46-48-56(59)65-55(53-64-66(60,61)63-51-54(58)50-57)52-62-49-47-45-43-41-39-37-35-33-31-29-26-24-22-20-18-16-14-12-10-8-6-4-2/h21-24,54-55,57-58H,3-20,25-53H2,1-2H3,(H,60,61)/b23-21-,24-22-. The van der Waals surface area contributed by atoms with Gasteiger partial charge in [0.2, 0.25) is 0 Å². The second kappa shape index (κ2) is 53.3. The molecule has 0 aliphatic rings. The van der Waals surface area contributed by atoms with Crippen LogP contribution in [0.5, 0.6) is 0 Å². The van der Waals surface area contributed by atoms with Crippen LogP contribution in [0, 0.1) is 0 Å². The van der Waals surface area contributed by atoms with Crippen LogP contribution in [0.2, 0.25) is 0 Å². The van der Waals surface area contributed by atoms with Crippen LogP contribution >= 0.6 is 7.82 Å². The summed E-state index contributed by atoms with van der Waals surface area (Å²) in [4.78, 5) is 22.8. The number of phosphoric ester groups is 1. The van der Waals surface area contributed by atoms with Gasteiger partial charge in [0, 0.05) is 13.0 Å². The first-order valence-electron chi connectivity index (χ1n) is 28.3. The molecule has 0 rings (SSSR count). The normalized spacial score (nSPS) is 13.8. The number of hydrogen-bond acceptors (Lipinski definition) is 8. The van der Waals surface area contributed by atoms with E-state index in [1.807, 2.05) is 0 Å². The fourth-order valence-corrected chi connectivity index (χ4v) is 9.08. The third-order valence-corrected chi connectivity index (χ3v) is 13.6. The molecule has 0 aromatic heterocycles. The summed E-state index contributed by atoms with van der Waals surface area (Å²) in [7, 11) is -4.52. The Morgan fingerprint density at radius 1 is 0.455 bits per heavy atom. The first-order chi connectivity index (χ1) is 32.3. The van der Waals surface area contributed by atoms with Crippen molar-refractivity contribution in [1.82, 2.24) is 0 Å². The maximum Gasteiger partial charge on any atom is 0.472 e. The Labute approximate surface area is 408 Å². The molecule has 0 aromatic rings. The van der Waals surface area contributed by atoms with Gasteiger partial charge in [-0.25, -0.2) is 4.57 Å². The lowest BCUT2D eigenvalue weighted by Crippen LogP contribution is -2.29. The van der Waals surface area contributed by atoms with Crippen molar-refractivity contribution < 1.29 is 43.0 Å². The molecule has 3 atom stereocenters.